The number of benzene rings is 3. The molecule has 3 aromatic rings. The van der Waals surface area contributed by atoms with Gasteiger partial charge in [-0.25, -0.2) is 4.79 Å². The Morgan fingerprint density at radius 1 is 0.963 bits per heavy atom. The maximum absolute atomic E-state index is 12.4. The fourth-order valence-corrected chi connectivity index (χ4v) is 3.01. The Labute approximate surface area is 163 Å². The van der Waals surface area contributed by atoms with Crippen LogP contribution in [0.4, 0.5) is 16.2 Å². The molecule has 0 fully saturated rings. The van der Waals surface area contributed by atoms with E-state index >= 15 is 0 Å². The maximum atomic E-state index is 12.4. The lowest BCUT2D eigenvalue weighted by Crippen LogP contribution is -2.20. The number of aliphatic hydroxyl groups is 1. The monoisotopic (exact) mass is 380 g/mol. The first-order valence-corrected chi connectivity index (χ1v) is 9.07. The number of halogens is 1. The van der Waals surface area contributed by atoms with E-state index < -0.39 is 0 Å². The number of carbonyl (C=O) groups excluding carboxylic acids is 1. The van der Waals surface area contributed by atoms with Crippen molar-refractivity contribution in [2.75, 3.05) is 17.2 Å². The summed E-state index contributed by atoms with van der Waals surface area (Å²) in [7, 11) is 0. The topological polar surface area (TPSA) is 61.4 Å². The largest absolute Gasteiger partial charge is 0.396 e. The van der Waals surface area contributed by atoms with Crippen LogP contribution in [0, 0.1) is 6.92 Å². The van der Waals surface area contributed by atoms with Crippen molar-refractivity contribution >= 4 is 29.0 Å². The van der Waals surface area contributed by atoms with Crippen LogP contribution in [0.5, 0.6) is 0 Å². The molecule has 2 amide bonds. The van der Waals surface area contributed by atoms with Crippen molar-refractivity contribution in [3.63, 3.8) is 0 Å². The minimum Gasteiger partial charge on any atom is -0.396 e. The minimum atomic E-state index is -0.349. The average Bonchev–Trinajstić information content (AvgIpc) is 2.65. The molecule has 5 heteroatoms. The Morgan fingerprint density at radius 3 is 2.48 bits per heavy atom. The number of amides is 2. The Kier molecular flexibility index (Phi) is 6.12. The van der Waals surface area contributed by atoms with Crippen LogP contribution < -0.4 is 10.6 Å². The molecular weight excluding hydrogens is 360 g/mol. The zero-order valence-electron chi connectivity index (χ0n) is 15.0. The van der Waals surface area contributed by atoms with E-state index in [2.05, 4.69) is 34.9 Å². The van der Waals surface area contributed by atoms with Gasteiger partial charge < -0.3 is 15.7 Å². The number of anilines is 2. The molecule has 0 bridgehead atoms. The van der Waals surface area contributed by atoms with Crippen LogP contribution in [-0.4, -0.2) is 17.7 Å². The lowest BCUT2D eigenvalue weighted by molar-refractivity contribution is 0.262. The van der Waals surface area contributed by atoms with E-state index in [0.29, 0.717) is 22.8 Å². The summed E-state index contributed by atoms with van der Waals surface area (Å²) in [6, 6.07) is 20.8. The predicted octanol–water partition coefficient (Wildman–Crippen LogP) is 5.49. The molecule has 0 unspecified atom stereocenters. The highest BCUT2D eigenvalue weighted by Gasteiger charge is 2.08. The van der Waals surface area contributed by atoms with E-state index in [-0.39, 0.29) is 12.6 Å². The zero-order valence-corrected chi connectivity index (χ0v) is 15.8. The second-order valence-electron chi connectivity index (χ2n) is 6.30. The van der Waals surface area contributed by atoms with Crippen molar-refractivity contribution in [3.05, 3.63) is 82.9 Å². The van der Waals surface area contributed by atoms with Crippen molar-refractivity contribution in [1.82, 2.24) is 0 Å². The van der Waals surface area contributed by atoms with Gasteiger partial charge in [-0.15, -0.1) is 0 Å². The van der Waals surface area contributed by atoms with Gasteiger partial charge >= 0.3 is 6.03 Å². The van der Waals surface area contributed by atoms with Crippen molar-refractivity contribution in [3.8, 4) is 11.1 Å². The summed E-state index contributed by atoms with van der Waals surface area (Å²) >= 11 is 5.99. The number of hydrogen-bond acceptors (Lipinski definition) is 2. The van der Waals surface area contributed by atoms with Crippen LogP contribution in [0.1, 0.15) is 11.1 Å². The predicted molar refractivity (Wildman–Crippen MR) is 111 cm³/mol. The third kappa shape index (κ3) is 5.09. The first-order chi connectivity index (χ1) is 13.0. The Bertz CT molecular complexity index is 939. The molecule has 0 radical (unpaired) electrons. The average molecular weight is 381 g/mol. The SMILES string of the molecule is Cc1ccc(-c2cccc(NC(=O)Nc3ccc(Cl)cc3CCO)c2)cc1. The molecule has 0 aliphatic carbocycles. The quantitative estimate of drug-likeness (QED) is 0.547. The van der Waals surface area contributed by atoms with Crippen molar-refractivity contribution in [2.45, 2.75) is 13.3 Å². The number of carbonyl (C=O) groups is 1. The van der Waals surface area contributed by atoms with Gasteiger partial charge in [0.1, 0.15) is 0 Å². The third-order valence-corrected chi connectivity index (χ3v) is 4.44. The molecule has 0 atom stereocenters. The standard InChI is InChI=1S/C22H21ClN2O2/c1-15-5-7-16(8-6-15)17-3-2-4-20(14-17)24-22(27)25-21-10-9-19(23)13-18(21)11-12-26/h2-10,13-14,26H,11-12H2,1H3,(H2,24,25,27). The normalized spacial score (nSPS) is 10.5. The molecule has 3 N–H and O–H groups in total. The summed E-state index contributed by atoms with van der Waals surface area (Å²) in [5.74, 6) is 0. The Morgan fingerprint density at radius 2 is 1.74 bits per heavy atom. The van der Waals surface area contributed by atoms with Gasteiger partial charge in [0.2, 0.25) is 0 Å². The van der Waals surface area contributed by atoms with Crippen LogP contribution in [0.2, 0.25) is 5.02 Å². The number of urea groups is 1. The molecule has 0 aliphatic heterocycles. The van der Waals surface area contributed by atoms with E-state index in [4.69, 9.17) is 11.6 Å². The number of aryl methyl sites for hydroxylation is 1. The first-order valence-electron chi connectivity index (χ1n) is 8.69. The Hall–Kier alpha value is -2.82. The van der Waals surface area contributed by atoms with Gasteiger partial charge in [0.05, 0.1) is 0 Å². The van der Waals surface area contributed by atoms with Crippen LogP contribution in [0.15, 0.2) is 66.7 Å². The molecule has 4 nitrogen and oxygen atoms in total. The van der Waals surface area contributed by atoms with Gasteiger partial charge in [-0.1, -0.05) is 53.6 Å². The summed E-state index contributed by atoms with van der Waals surface area (Å²) in [6.45, 7) is 2.03. The maximum Gasteiger partial charge on any atom is 0.323 e. The highest BCUT2D eigenvalue weighted by atomic mass is 35.5. The smallest absolute Gasteiger partial charge is 0.323 e. The summed E-state index contributed by atoms with van der Waals surface area (Å²) in [4.78, 5) is 12.4. The van der Waals surface area contributed by atoms with Crippen LogP contribution in [0.25, 0.3) is 11.1 Å². The van der Waals surface area contributed by atoms with Crippen molar-refractivity contribution < 1.29 is 9.90 Å². The lowest BCUT2D eigenvalue weighted by Gasteiger charge is -2.13. The van der Waals surface area contributed by atoms with Crippen molar-refractivity contribution in [1.29, 1.82) is 0 Å². The summed E-state index contributed by atoms with van der Waals surface area (Å²) in [5.41, 5.74) is 5.43. The molecule has 0 saturated carbocycles. The van der Waals surface area contributed by atoms with Gasteiger partial charge in [0, 0.05) is 23.0 Å². The van der Waals surface area contributed by atoms with Crippen LogP contribution in [0.3, 0.4) is 0 Å². The third-order valence-electron chi connectivity index (χ3n) is 4.20. The van der Waals surface area contributed by atoms with Gasteiger partial charge in [-0.3, -0.25) is 0 Å². The molecule has 3 aromatic carbocycles. The van der Waals surface area contributed by atoms with E-state index in [1.807, 2.05) is 31.2 Å². The molecule has 3 rings (SSSR count). The summed E-state index contributed by atoms with van der Waals surface area (Å²) in [6.07, 6.45) is 0.416. The fraction of sp³-hybridized carbons (Fsp3) is 0.136. The lowest BCUT2D eigenvalue weighted by atomic mass is 10.0. The van der Waals surface area contributed by atoms with Crippen LogP contribution in [-0.2, 0) is 6.42 Å². The van der Waals surface area contributed by atoms with Gasteiger partial charge in [0.15, 0.2) is 0 Å². The summed E-state index contributed by atoms with van der Waals surface area (Å²) < 4.78 is 0. The minimum absolute atomic E-state index is 0.0186. The summed E-state index contributed by atoms with van der Waals surface area (Å²) in [5, 5.41) is 15.4. The molecule has 27 heavy (non-hydrogen) atoms. The van der Waals surface area contributed by atoms with Gasteiger partial charge in [-0.05, 0) is 60.4 Å². The van der Waals surface area contributed by atoms with E-state index in [9.17, 15) is 9.90 Å². The molecule has 138 valence electrons. The zero-order chi connectivity index (χ0) is 19.2. The highest BCUT2D eigenvalue weighted by Crippen LogP contribution is 2.24. The first kappa shape index (κ1) is 19.0. The van der Waals surface area contributed by atoms with Gasteiger partial charge in [0.25, 0.3) is 0 Å². The van der Waals surface area contributed by atoms with Gasteiger partial charge in [-0.2, -0.15) is 0 Å². The fourth-order valence-electron chi connectivity index (χ4n) is 2.82. The second kappa shape index (κ2) is 8.71. The van der Waals surface area contributed by atoms with E-state index in [1.54, 1.807) is 18.2 Å². The van der Waals surface area contributed by atoms with Crippen molar-refractivity contribution in [2.24, 2.45) is 0 Å². The number of hydrogen-bond donors (Lipinski definition) is 3. The van der Waals surface area contributed by atoms with Crippen LogP contribution >= 0.6 is 11.6 Å². The number of aliphatic hydroxyl groups excluding tert-OH is 1. The number of rotatable bonds is 5. The molecule has 0 aromatic heterocycles. The second-order valence-corrected chi connectivity index (χ2v) is 6.74. The molecule has 0 heterocycles. The van der Waals surface area contributed by atoms with E-state index in [0.717, 1.165) is 16.7 Å². The molecule has 0 spiro atoms. The molecular formula is C22H21ClN2O2. The number of nitrogens with one attached hydrogen (secondary N) is 2. The molecule has 0 saturated heterocycles. The molecule has 0 aliphatic rings. The Balaban J connectivity index is 1.73. The highest BCUT2D eigenvalue weighted by molar-refractivity contribution is 6.30. The van der Waals surface area contributed by atoms with E-state index in [1.165, 1.54) is 5.56 Å².